The van der Waals surface area contributed by atoms with Crippen LogP contribution in [0.2, 0.25) is 0 Å². The quantitative estimate of drug-likeness (QED) is 0.702. The van der Waals surface area contributed by atoms with E-state index in [-0.39, 0.29) is 17.9 Å². The molecule has 1 unspecified atom stereocenters. The molecule has 0 aliphatic carbocycles. The van der Waals surface area contributed by atoms with Crippen molar-refractivity contribution in [2.45, 2.75) is 6.42 Å². The van der Waals surface area contributed by atoms with Gasteiger partial charge in [0.25, 0.3) is 0 Å². The Labute approximate surface area is 147 Å². The van der Waals surface area contributed by atoms with E-state index in [0.29, 0.717) is 30.9 Å². The number of hydrogen-bond donors (Lipinski definition) is 3. The number of urea groups is 1. The van der Waals surface area contributed by atoms with Gasteiger partial charge >= 0.3 is 16.2 Å². The minimum atomic E-state index is -3.62. The third-order valence-corrected chi connectivity index (χ3v) is 5.39. The number of amides is 3. The summed E-state index contributed by atoms with van der Waals surface area (Å²) in [5.41, 5.74) is 0.809. The van der Waals surface area contributed by atoms with E-state index in [1.54, 1.807) is 30.1 Å². The van der Waals surface area contributed by atoms with Gasteiger partial charge in [-0.05, 0) is 24.6 Å². The number of anilines is 2. The molecule has 1 saturated heterocycles. The smallest absolute Gasteiger partial charge is 0.321 e. The Bertz CT molecular complexity index is 750. The van der Waals surface area contributed by atoms with E-state index in [1.807, 2.05) is 0 Å². The van der Waals surface area contributed by atoms with Crippen molar-refractivity contribution in [2.24, 2.45) is 5.92 Å². The maximum atomic E-state index is 12.3. The highest BCUT2D eigenvalue weighted by Gasteiger charge is 2.30. The predicted octanol–water partition coefficient (Wildman–Crippen LogP) is 0.505. The van der Waals surface area contributed by atoms with E-state index >= 15 is 0 Å². The van der Waals surface area contributed by atoms with Gasteiger partial charge in [0.2, 0.25) is 5.91 Å². The average molecular weight is 369 g/mol. The van der Waals surface area contributed by atoms with E-state index in [9.17, 15) is 18.0 Å². The number of hydrogen-bond acceptors (Lipinski definition) is 4. The second-order valence-electron chi connectivity index (χ2n) is 5.95. The molecule has 25 heavy (non-hydrogen) atoms. The van der Waals surface area contributed by atoms with Crippen molar-refractivity contribution in [1.29, 1.82) is 0 Å². The standard InChI is InChI=1S/C15H23N5O4S/c1-16-14(21)11-7-8-20(10-11)15(22)17-12-5-4-6-13(9-12)18-25(23,24)19(2)3/h4-6,9,11,18H,7-8,10H2,1-3H3,(H,16,21)(H,17,22). The summed E-state index contributed by atoms with van der Waals surface area (Å²) in [5.74, 6) is -0.274. The summed E-state index contributed by atoms with van der Waals surface area (Å²) < 4.78 is 27.2. The number of nitrogens with one attached hydrogen (secondary N) is 3. The van der Waals surface area contributed by atoms with Crippen LogP contribution in [0.5, 0.6) is 0 Å². The molecule has 0 aromatic heterocycles. The molecule has 10 heteroatoms. The summed E-state index contributed by atoms with van der Waals surface area (Å²) >= 11 is 0. The zero-order valence-corrected chi connectivity index (χ0v) is 15.3. The zero-order valence-electron chi connectivity index (χ0n) is 14.4. The molecule has 1 heterocycles. The Morgan fingerprint density at radius 1 is 1.24 bits per heavy atom. The lowest BCUT2D eigenvalue weighted by atomic mass is 10.1. The Kier molecular flexibility index (Phi) is 5.85. The van der Waals surface area contributed by atoms with Crippen LogP contribution in [0, 0.1) is 5.92 Å². The first-order chi connectivity index (χ1) is 11.7. The van der Waals surface area contributed by atoms with Crippen LogP contribution in [0.15, 0.2) is 24.3 Å². The molecule has 1 fully saturated rings. The van der Waals surface area contributed by atoms with Crippen LogP contribution >= 0.6 is 0 Å². The Balaban J connectivity index is 2.00. The fourth-order valence-electron chi connectivity index (χ4n) is 2.47. The van der Waals surface area contributed by atoms with Gasteiger partial charge in [-0.25, -0.2) is 4.79 Å². The second-order valence-corrected chi connectivity index (χ2v) is 7.83. The number of nitrogens with zero attached hydrogens (tertiary/aromatic N) is 2. The summed E-state index contributed by atoms with van der Waals surface area (Å²) in [6.45, 7) is 0.856. The number of likely N-dealkylation sites (tertiary alicyclic amines) is 1. The van der Waals surface area contributed by atoms with Gasteiger partial charge in [-0.3, -0.25) is 9.52 Å². The maximum absolute atomic E-state index is 12.3. The summed E-state index contributed by atoms with van der Waals surface area (Å²) in [7, 11) is 0.800. The minimum Gasteiger partial charge on any atom is -0.359 e. The molecule has 3 amide bonds. The molecule has 1 aliphatic rings. The molecule has 1 aromatic carbocycles. The van der Waals surface area contributed by atoms with Crippen LogP contribution < -0.4 is 15.4 Å². The molecule has 0 spiro atoms. The van der Waals surface area contributed by atoms with Crippen molar-refractivity contribution in [3.8, 4) is 0 Å². The summed E-state index contributed by atoms with van der Waals surface area (Å²) in [4.78, 5) is 25.5. The monoisotopic (exact) mass is 369 g/mol. The number of benzene rings is 1. The summed E-state index contributed by atoms with van der Waals surface area (Å²) in [6.07, 6.45) is 0.621. The van der Waals surface area contributed by atoms with Crippen LogP contribution in [0.25, 0.3) is 0 Å². The lowest BCUT2D eigenvalue weighted by molar-refractivity contribution is -0.124. The van der Waals surface area contributed by atoms with Gasteiger partial charge in [0.05, 0.1) is 11.6 Å². The van der Waals surface area contributed by atoms with Gasteiger partial charge < -0.3 is 15.5 Å². The molecule has 3 N–H and O–H groups in total. The summed E-state index contributed by atoms with van der Waals surface area (Å²) in [5, 5.41) is 5.31. The SMILES string of the molecule is CNC(=O)C1CCN(C(=O)Nc2cccc(NS(=O)(=O)N(C)C)c2)C1. The predicted molar refractivity (Wildman–Crippen MR) is 95.4 cm³/mol. The zero-order chi connectivity index (χ0) is 18.6. The van der Waals surface area contributed by atoms with E-state index < -0.39 is 10.2 Å². The fraction of sp³-hybridized carbons (Fsp3) is 0.467. The lowest BCUT2D eigenvalue weighted by Gasteiger charge is -2.18. The average Bonchev–Trinajstić information content (AvgIpc) is 3.04. The topological polar surface area (TPSA) is 111 Å². The van der Waals surface area contributed by atoms with Crippen LogP contribution in [0.1, 0.15) is 6.42 Å². The van der Waals surface area contributed by atoms with Crippen LogP contribution in [-0.4, -0.2) is 63.8 Å². The van der Waals surface area contributed by atoms with Gasteiger partial charge in [0, 0.05) is 39.9 Å². The Hall–Kier alpha value is -2.33. The van der Waals surface area contributed by atoms with E-state index in [2.05, 4.69) is 15.4 Å². The highest BCUT2D eigenvalue weighted by molar-refractivity contribution is 7.90. The van der Waals surface area contributed by atoms with E-state index in [4.69, 9.17) is 0 Å². The van der Waals surface area contributed by atoms with Crippen molar-refractivity contribution in [1.82, 2.24) is 14.5 Å². The van der Waals surface area contributed by atoms with Crippen molar-refractivity contribution in [3.63, 3.8) is 0 Å². The van der Waals surface area contributed by atoms with E-state index in [1.165, 1.54) is 20.2 Å². The molecule has 9 nitrogen and oxygen atoms in total. The van der Waals surface area contributed by atoms with Crippen LogP contribution in [0.3, 0.4) is 0 Å². The molecular weight excluding hydrogens is 346 g/mol. The van der Waals surface area contributed by atoms with Gasteiger partial charge in [0.1, 0.15) is 0 Å². The first-order valence-electron chi connectivity index (χ1n) is 7.81. The van der Waals surface area contributed by atoms with Crippen LogP contribution in [-0.2, 0) is 15.0 Å². The third kappa shape index (κ3) is 4.83. The molecule has 1 aliphatic heterocycles. The van der Waals surface area contributed by atoms with E-state index in [0.717, 1.165) is 4.31 Å². The molecule has 2 rings (SSSR count). The highest BCUT2D eigenvalue weighted by Crippen LogP contribution is 2.20. The molecular formula is C15H23N5O4S. The molecule has 1 atom stereocenters. The van der Waals surface area contributed by atoms with Gasteiger partial charge in [0.15, 0.2) is 0 Å². The molecule has 0 radical (unpaired) electrons. The normalized spacial score (nSPS) is 17.4. The molecule has 138 valence electrons. The highest BCUT2D eigenvalue weighted by atomic mass is 32.2. The fourth-order valence-corrected chi connectivity index (χ4v) is 3.07. The number of carbonyl (C=O) groups is 2. The first kappa shape index (κ1) is 19.0. The number of carbonyl (C=O) groups excluding carboxylic acids is 2. The van der Waals surface area contributed by atoms with Crippen molar-refractivity contribution in [3.05, 3.63) is 24.3 Å². The Morgan fingerprint density at radius 3 is 2.56 bits per heavy atom. The van der Waals surface area contributed by atoms with Gasteiger partial charge in [-0.15, -0.1) is 0 Å². The van der Waals surface area contributed by atoms with Gasteiger partial charge in [-0.1, -0.05) is 6.07 Å². The van der Waals surface area contributed by atoms with Gasteiger partial charge in [-0.2, -0.15) is 12.7 Å². The number of rotatable bonds is 5. The molecule has 1 aromatic rings. The minimum absolute atomic E-state index is 0.0737. The lowest BCUT2D eigenvalue weighted by Crippen LogP contribution is -2.35. The second kappa shape index (κ2) is 7.70. The largest absolute Gasteiger partial charge is 0.359 e. The van der Waals surface area contributed by atoms with Crippen molar-refractivity contribution in [2.75, 3.05) is 44.3 Å². The first-order valence-corrected chi connectivity index (χ1v) is 9.25. The van der Waals surface area contributed by atoms with Crippen molar-refractivity contribution >= 4 is 33.5 Å². The maximum Gasteiger partial charge on any atom is 0.321 e. The summed E-state index contributed by atoms with van der Waals surface area (Å²) in [6, 6.07) is 6.11. The van der Waals surface area contributed by atoms with Crippen LogP contribution in [0.4, 0.5) is 16.2 Å². The third-order valence-electron chi connectivity index (χ3n) is 3.93. The molecule has 0 saturated carbocycles. The Morgan fingerprint density at radius 2 is 1.92 bits per heavy atom. The molecule has 0 bridgehead atoms. The van der Waals surface area contributed by atoms with Crippen molar-refractivity contribution < 1.29 is 18.0 Å².